The summed E-state index contributed by atoms with van der Waals surface area (Å²) in [4.78, 5) is 12.5. The van der Waals surface area contributed by atoms with Crippen molar-refractivity contribution in [1.29, 1.82) is 0 Å². The molecule has 0 aliphatic carbocycles. The largest absolute Gasteiger partial charge is 0.507 e. The van der Waals surface area contributed by atoms with Gasteiger partial charge < -0.3 is 9.84 Å². The lowest BCUT2D eigenvalue weighted by molar-refractivity contribution is -0.148. The molecule has 0 saturated heterocycles. The number of carbonyl (C=O) groups excluding carboxylic acids is 1. The fourth-order valence-corrected chi connectivity index (χ4v) is 3.28. The van der Waals surface area contributed by atoms with Gasteiger partial charge >= 0.3 is 5.97 Å². The van der Waals surface area contributed by atoms with Crippen LogP contribution in [0.3, 0.4) is 0 Å². The van der Waals surface area contributed by atoms with Crippen molar-refractivity contribution in [3.63, 3.8) is 0 Å². The molecule has 0 bridgehead atoms. The molecule has 0 aliphatic rings. The number of phenols is 1. The molecule has 1 rings (SSSR count). The molecule has 3 nitrogen and oxygen atoms in total. The summed E-state index contributed by atoms with van der Waals surface area (Å²) < 4.78 is 5.50. The van der Waals surface area contributed by atoms with Gasteiger partial charge in [-0.3, -0.25) is 4.79 Å². The first-order valence-electron chi connectivity index (χ1n) is 10.4. The average molecular weight is 377 g/mol. The maximum Gasteiger partial charge on any atom is 0.309 e. The highest BCUT2D eigenvalue weighted by Gasteiger charge is 2.28. The topological polar surface area (TPSA) is 46.5 Å². The number of phenolic OH excluding ortho intramolecular Hbond substituents is 1. The first-order chi connectivity index (χ1) is 12.4. The van der Waals surface area contributed by atoms with E-state index in [-0.39, 0.29) is 22.7 Å². The molecule has 1 aromatic carbocycles. The Morgan fingerprint density at radius 2 is 1.52 bits per heavy atom. The number of hydrogen-bond acceptors (Lipinski definition) is 3. The van der Waals surface area contributed by atoms with Gasteiger partial charge in [0.05, 0.1) is 12.5 Å². The van der Waals surface area contributed by atoms with Gasteiger partial charge in [-0.2, -0.15) is 0 Å². The zero-order chi connectivity index (χ0) is 20.8. The molecule has 0 spiro atoms. The number of ether oxygens (including phenoxy) is 1. The van der Waals surface area contributed by atoms with Crippen molar-refractivity contribution in [1.82, 2.24) is 0 Å². The number of aromatic hydroxyl groups is 1. The van der Waals surface area contributed by atoms with E-state index in [0.29, 0.717) is 18.8 Å². The molecular formula is C24H40O3. The fraction of sp³-hybridized carbons (Fsp3) is 0.708. The third-order valence-electron chi connectivity index (χ3n) is 5.09. The highest BCUT2D eigenvalue weighted by atomic mass is 16.5. The number of hydrogen-bond donors (Lipinski definition) is 1. The van der Waals surface area contributed by atoms with Gasteiger partial charge in [-0.1, -0.05) is 80.4 Å². The van der Waals surface area contributed by atoms with Crippen LogP contribution in [-0.2, 0) is 26.8 Å². The van der Waals surface area contributed by atoms with Gasteiger partial charge in [0.15, 0.2) is 0 Å². The highest BCUT2D eigenvalue weighted by molar-refractivity contribution is 5.72. The second-order valence-corrected chi connectivity index (χ2v) is 9.72. The number of unbranched alkanes of at least 4 members (excludes halogenated alkanes) is 2. The highest BCUT2D eigenvalue weighted by Crippen LogP contribution is 2.40. The molecule has 3 heteroatoms. The van der Waals surface area contributed by atoms with E-state index in [1.807, 2.05) is 6.92 Å². The predicted octanol–water partition coefficient (Wildman–Crippen LogP) is 6.29. The lowest BCUT2D eigenvalue weighted by atomic mass is 9.77. The smallest absolute Gasteiger partial charge is 0.309 e. The van der Waals surface area contributed by atoms with Crippen LogP contribution in [0.2, 0.25) is 0 Å². The standard InChI is InChI=1S/C24H40O3/c1-9-11-12-13-27-22(26)18(10-2)14-17-15-19(23(3,4)5)21(25)20(16-17)24(6,7)8/h15-16,18,25H,9-14H2,1-8H3. The maximum atomic E-state index is 12.5. The van der Waals surface area contributed by atoms with Gasteiger partial charge in [0.25, 0.3) is 0 Å². The summed E-state index contributed by atoms with van der Waals surface area (Å²) >= 11 is 0. The first-order valence-corrected chi connectivity index (χ1v) is 10.4. The molecule has 0 heterocycles. The lowest BCUT2D eigenvalue weighted by Gasteiger charge is -2.28. The van der Waals surface area contributed by atoms with Crippen molar-refractivity contribution >= 4 is 5.97 Å². The molecule has 0 fully saturated rings. The van der Waals surface area contributed by atoms with E-state index in [9.17, 15) is 9.90 Å². The molecular weight excluding hydrogens is 336 g/mol. The van der Waals surface area contributed by atoms with E-state index >= 15 is 0 Å². The number of carbonyl (C=O) groups is 1. The van der Waals surface area contributed by atoms with Gasteiger partial charge in [-0.15, -0.1) is 0 Å². The Hall–Kier alpha value is -1.51. The molecule has 0 amide bonds. The van der Waals surface area contributed by atoms with Gasteiger partial charge in [0, 0.05) is 0 Å². The Morgan fingerprint density at radius 3 is 1.93 bits per heavy atom. The SMILES string of the molecule is CCCCCOC(=O)C(CC)Cc1cc(C(C)(C)C)c(O)c(C(C)(C)C)c1. The molecule has 0 radical (unpaired) electrons. The van der Waals surface area contributed by atoms with Crippen LogP contribution in [0.15, 0.2) is 12.1 Å². The molecule has 1 atom stereocenters. The zero-order valence-corrected chi connectivity index (χ0v) is 18.7. The Labute approximate surface area is 166 Å². The third kappa shape index (κ3) is 6.86. The second-order valence-electron chi connectivity index (χ2n) is 9.72. The summed E-state index contributed by atoms with van der Waals surface area (Å²) in [6.45, 7) is 17.3. The molecule has 1 unspecified atom stereocenters. The summed E-state index contributed by atoms with van der Waals surface area (Å²) in [5, 5.41) is 10.9. The van der Waals surface area contributed by atoms with Gasteiger partial charge in [-0.25, -0.2) is 0 Å². The Balaban J connectivity index is 3.12. The minimum absolute atomic E-state index is 0.101. The zero-order valence-electron chi connectivity index (χ0n) is 18.7. The Morgan fingerprint density at radius 1 is 1.00 bits per heavy atom. The molecule has 27 heavy (non-hydrogen) atoms. The number of esters is 1. The molecule has 0 saturated carbocycles. The van der Waals surface area contributed by atoms with E-state index in [0.717, 1.165) is 42.4 Å². The average Bonchev–Trinajstić information content (AvgIpc) is 2.55. The van der Waals surface area contributed by atoms with Crippen LogP contribution >= 0.6 is 0 Å². The summed E-state index contributed by atoms with van der Waals surface area (Å²) in [6, 6.07) is 4.13. The minimum Gasteiger partial charge on any atom is -0.507 e. The van der Waals surface area contributed by atoms with E-state index in [4.69, 9.17) is 4.74 Å². The Bertz CT molecular complexity index is 582. The van der Waals surface area contributed by atoms with Gasteiger partial charge in [0.1, 0.15) is 5.75 Å². The normalized spacial score (nSPS) is 13.5. The van der Waals surface area contributed by atoms with Crippen molar-refractivity contribution in [2.45, 2.75) is 98.3 Å². The van der Waals surface area contributed by atoms with Crippen LogP contribution < -0.4 is 0 Å². The second kappa shape index (κ2) is 9.61. The fourth-order valence-electron chi connectivity index (χ4n) is 3.28. The summed E-state index contributed by atoms with van der Waals surface area (Å²) in [6.07, 6.45) is 4.54. The van der Waals surface area contributed by atoms with Crippen LogP contribution in [0.4, 0.5) is 0 Å². The molecule has 1 N–H and O–H groups in total. The van der Waals surface area contributed by atoms with Crippen molar-refractivity contribution in [2.75, 3.05) is 6.61 Å². The summed E-state index contributed by atoms with van der Waals surface area (Å²) in [5.41, 5.74) is 2.65. The molecule has 0 aliphatic heterocycles. The van der Waals surface area contributed by atoms with Crippen LogP contribution in [0.1, 0.15) is 97.8 Å². The summed E-state index contributed by atoms with van der Waals surface area (Å²) in [5.74, 6) is 0.141. The van der Waals surface area contributed by atoms with E-state index in [1.165, 1.54) is 0 Å². The quantitative estimate of drug-likeness (QED) is 0.428. The predicted molar refractivity (Wildman–Crippen MR) is 113 cm³/mol. The Kier molecular flexibility index (Phi) is 8.38. The first kappa shape index (κ1) is 23.5. The molecule has 1 aromatic rings. The van der Waals surface area contributed by atoms with Crippen LogP contribution in [0.5, 0.6) is 5.75 Å². The van der Waals surface area contributed by atoms with E-state index in [1.54, 1.807) is 0 Å². The van der Waals surface area contributed by atoms with Crippen molar-refractivity contribution in [2.24, 2.45) is 5.92 Å². The minimum atomic E-state index is -0.164. The van der Waals surface area contributed by atoms with E-state index < -0.39 is 0 Å². The molecule has 0 aromatic heterocycles. The van der Waals surface area contributed by atoms with Gasteiger partial charge in [-0.05, 0) is 46.8 Å². The van der Waals surface area contributed by atoms with Crippen molar-refractivity contribution < 1.29 is 14.6 Å². The molecule has 154 valence electrons. The van der Waals surface area contributed by atoms with Crippen LogP contribution in [-0.4, -0.2) is 17.7 Å². The number of benzene rings is 1. The maximum absolute atomic E-state index is 12.5. The van der Waals surface area contributed by atoms with Gasteiger partial charge in [0.2, 0.25) is 0 Å². The lowest BCUT2D eigenvalue weighted by Crippen LogP contribution is -2.22. The third-order valence-corrected chi connectivity index (χ3v) is 5.09. The van der Waals surface area contributed by atoms with Crippen molar-refractivity contribution in [3.05, 3.63) is 28.8 Å². The summed E-state index contributed by atoms with van der Waals surface area (Å²) in [7, 11) is 0. The van der Waals surface area contributed by atoms with Crippen LogP contribution in [0, 0.1) is 5.92 Å². The van der Waals surface area contributed by atoms with E-state index in [2.05, 4.69) is 60.6 Å². The monoisotopic (exact) mass is 376 g/mol. The van der Waals surface area contributed by atoms with Crippen molar-refractivity contribution in [3.8, 4) is 5.75 Å². The number of rotatable bonds is 8. The van der Waals surface area contributed by atoms with Crippen LogP contribution in [0.25, 0.3) is 0 Å².